The van der Waals surface area contributed by atoms with Gasteiger partial charge in [0.15, 0.2) is 25.1 Å². The summed E-state index contributed by atoms with van der Waals surface area (Å²) in [5.41, 5.74) is 11.5. The highest BCUT2D eigenvalue weighted by Gasteiger charge is 2.14. The second kappa shape index (κ2) is 16.1. The molecule has 40 heavy (non-hydrogen) atoms. The van der Waals surface area contributed by atoms with Crippen molar-refractivity contribution in [2.24, 2.45) is 0 Å². The first-order chi connectivity index (χ1) is 18.8. The number of allylic oxidation sites excluding steroid dienone is 2. The maximum Gasteiger partial charge on any atom is 0.189 e. The van der Waals surface area contributed by atoms with Gasteiger partial charge in [0.05, 0.1) is 7.11 Å². The minimum Gasteiger partial charge on any atom is -0.493 e. The Hall–Kier alpha value is -2.53. The van der Waals surface area contributed by atoms with E-state index >= 15 is 0 Å². The Morgan fingerprint density at radius 1 is 0.800 bits per heavy atom. The molecular weight excluding hydrogens is 535 g/mol. The molecule has 0 saturated carbocycles. The lowest BCUT2D eigenvalue weighted by Gasteiger charge is -2.16. The van der Waals surface area contributed by atoms with Gasteiger partial charge in [-0.1, -0.05) is 69.1 Å². The van der Waals surface area contributed by atoms with E-state index in [9.17, 15) is 0 Å². The van der Waals surface area contributed by atoms with Gasteiger partial charge in [-0.3, -0.25) is 0 Å². The number of methoxy groups -OCH3 is 1. The summed E-state index contributed by atoms with van der Waals surface area (Å²) < 4.78 is 28.8. The number of ether oxygens (including phenoxy) is 5. The van der Waals surface area contributed by atoms with Crippen molar-refractivity contribution in [3.05, 3.63) is 58.7 Å². The quantitative estimate of drug-likeness (QED) is 0.0502. The highest BCUT2D eigenvalue weighted by Crippen LogP contribution is 2.31. The van der Waals surface area contributed by atoms with E-state index in [0.29, 0.717) is 36.1 Å². The summed E-state index contributed by atoms with van der Waals surface area (Å²) in [6.07, 6.45) is 7.04. The van der Waals surface area contributed by atoms with E-state index in [0.717, 1.165) is 35.2 Å². The standard InChI is InChI=1S/C32H51NO5Si2/c1-25(2)10-14-29-27(21-28(22-30(29)33)37-23-35-16-18-39(4,5)6)13-11-26-12-15-31(32(20-26)34-3)38-24-36-17-19-40(7,8)9/h10-13,15,20-22H,14,16-19,23-24,33H2,1-9H3/b13-11+. The molecule has 222 valence electrons. The highest BCUT2D eigenvalue weighted by molar-refractivity contribution is 6.76. The fourth-order valence-corrected chi connectivity index (χ4v) is 5.16. The molecule has 8 heteroatoms. The molecule has 0 bridgehead atoms. The Morgan fingerprint density at radius 3 is 2.00 bits per heavy atom. The highest BCUT2D eigenvalue weighted by atomic mass is 28.3. The lowest BCUT2D eigenvalue weighted by atomic mass is 9.99. The van der Waals surface area contributed by atoms with Crippen LogP contribution in [0.15, 0.2) is 42.0 Å². The zero-order valence-corrected chi connectivity index (χ0v) is 28.2. The van der Waals surface area contributed by atoms with Crippen molar-refractivity contribution in [2.75, 3.05) is 39.6 Å². The van der Waals surface area contributed by atoms with Crippen molar-refractivity contribution in [3.63, 3.8) is 0 Å². The van der Waals surface area contributed by atoms with Crippen LogP contribution in [0.25, 0.3) is 12.2 Å². The first-order valence-electron chi connectivity index (χ1n) is 14.1. The van der Waals surface area contributed by atoms with E-state index in [1.54, 1.807) is 7.11 Å². The van der Waals surface area contributed by atoms with E-state index in [4.69, 9.17) is 29.4 Å². The smallest absolute Gasteiger partial charge is 0.189 e. The van der Waals surface area contributed by atoms with Gasteiger partial charge in [0.2, 0.25) is 0 Å². The summed E-state index contributed by atoms with van der Waals surface area (Å²) in [6, 6.07) is 12.0. The molecule has 0 heterocycles. The zero-order chi connectivity index (χ0) is 29.8. The maximum absolute atomic E-state index is 6.50. The summed E-state index contributed by atoms with van der Waals surface area (Å²) >= 11 is 0. The normalized spacial score (nSPS) is 12.0. The molecule has 0 saturated heterocycles. The van der Waals surface area contributed by atoms with Gasteiger partial charge in [-0.2, -0.15) is 0 Å². The van der Waals surface area contributed by atoms with E-state index < -0.39 is 16.1 Å². The monoisotopic (exact) mass is 585 g/mol. The first-order valence-corrected chi connectivity index (χ1v) is 21.5. The van der Waals surface area contributed by atoms with Gasteiger partial charge in [0.1, 0.15) is 5.75 Å². The number of hydrogen-bond donors (Lipinski definition) is 1. The Labute approximate surface area is 244 Å². The van der Waals surface area contributed by atoms with Crippen LogP contribution in [-0.4, -0.2) is 50.1 Å². The molecule has 0 atom stereocenters. The van der Waals surface area contributed by atoms with Gasteiger partial charge in [0, 0.05) is 41.1 Å². The van der Waals surface area contributed by atoms with Crippen LogP contribution >= 0.6 is 0 Å². The molecular formula is C32H51NO5Si2. The third kappa shape index (κ3) is 13.2. The van der Waals surface area contributed by atoms with E-state index in [1.807, 2.05) is 36.4 Å². The average Bonchev–Trinajstić information content (AvgIpc) is 2.85. The van der Waals surface area contributed by atoms with Gasteiger partial charge < -0.3 is 29.4 Å². The van der Waals surface area contributed by atoms with Gasteiger partial charge in [0.25, 0.3) is 0 Å². The largest absolute Gasteiger partial charge is 0.493 e. The van der Waals surface area contributed by atoms with Crippen molar-refractivity contribution in [3.8, 4) is 17.2 Å². The maximum atomic E-state index is 6.50. The molecule has 0 radical (unpaired) electrons. The second-order valence-electron chi connectivity index (χ2n) is 12.8. The van der Waals surface area contributed by atoms with Crippen LogP contribution in [0.3, 0.4) is 0 Å². The lowest BCUT2D eigenvalue weighted by Crippen LogP contribution is -2.22. The van der Waals surface area contributed by atoms with Crippen LogP contribution in [0.1, 0.15) is 30.5 Å². The van der Waals surface area contributed by atoms with Crippen LogP contribution < -0.4 is 19.9 Å². The minimum atomic E-state index is -1.14. The van der Waals surface area contributed by atoms with Crippen LogP contribution in [-0.2, 0) is 15.9 Å². The third-order valence-electron chi connectivity index (χ3n) is 6.25. The first kappa shape index (κ1) is 33.7. The van der Waals surface area contributed by atoms with Crippen molar-refractivity contribution in [1.29, 1.82) is 0 Å². The number of anilines is 1. The van der Waals surface area contributed by atoms with Gasteiger partial charge >= 0.3 is 0 Å². The van der Waals surface area contributed by atoms with Crippen LogP contribution in [0, 0.1) is 0 Å². The Balaban J connectivity index is 2.15. The molecule has 2 rings (SSSR count). The topological polar surface area (TPSA) is 72.2 Å². The summed E-state index contributed by atoms with van der Waals surface area (Å²) in [7, 11) is -0.617. The van der Waals surface area contributed by atoms with Gasteiger partial charge in [-0.15, -0.1) is 0 Å². The number of nitrogen functional groups attached to an aromatic ring is 1. The van der Waals surface area contributed by atoms with Crippen LogP contribution in [0.4, 0.5) is 5.69 Å². The number of hydrogen-bond acceptors (Lipinski definition) is 6. The van der Waals surface area contributed by atoms with E-state index in [2.05, 4.69) is 65.3 Å². The Morgan fingerprint density at radius 2 is 1.43 bits per heavy atom. The van der Waals surface area contributed by atoms with Crippen molar-refractivity contribution < 1.29 is 23.7 Å². The molecule has 0 aliphatic carbocycles. The molecule has 2 N–H and O–H groups in total. The minimum absolute atomic E-state index is 0.206. The van der Waals surface area contributed by atoms with E-state index in [1.165, 1.54) is 5.57 Å². The number of nitrogens with two attached hydrogens (primary N) is 1. The molecule has 2 aromatic carbocycles. The molecule has 0 aliphatic heterocycles. The van der Waals surface area contributed by atoms with E-state index in [-0.39, 0.29) is 13.6 Å². The third-order valence-corrected chi connectivity index (χ3v) is 9.66. The molecule has 0 spiro atoms. The number of benzene rings is 2. The Bertz CT molecular complexity index is 1130. The summed E-state index contributed by atoms with van der Waals surface area (Å²) in [4.78, 5) is 0. The molecule has 6 nitrogen and oxygen atoms in total. The van der Waals surface area contributed by atoms with Gasteiger partial charge in [-0.05, 0) is 67.2 Å². The fourth-order valence-electron chi connectivity index (χ4n) is 3.65. The zero-order valence-electron chi connectivity index (χ0n) is 26.2. The molecule has 0 amide bonds. The predicted molar refractivity (Wildman–Crippen MR) is 175 cm³/mol. The van der Waals surface area contributed by atoms with Crippen molar-refractivity contribution in [1.82, 2.24) is 0 Å². The second-order valence-corrected chi connectivity index (χ2v) is 24.0. The van der Waals surface area contributed by atoms with Crippen molar-refractivity contribution >= 4 is 34.0 Å². The van der Waals surface area contributed by atoms with Gasteiger partial charge in [-0.25, -0.2) is 0 Å². The van der Waals surface area contributed by atoms with Crippen LogP contribution in [0.2, 0.25) is 51.4 Å². The SMILES string of the molecule is COc1cc(/C=C/c2cc(OCOCC[Si](C)(C)C)cc(N)c2CC=C(C)C)ccc1OCOCC[Si](C)(C)C. The fraction of sp³-hybridized carbons (Fsp3) is 0.500. The summed E-state index contributed by atoms with van der Waals surface area (Å²) in [5, 5.41) is 0. The molecule has 0 aromatic heterocycles. The molecule has 0 fully saturated rings. The predicted octanol–water partition coefficient (Wildman–Crippen LogP) is 8.34. The lowest BCUT2D eigenvalue weighted by molar-refractivity contribution is 0.0205. The van der Waals surface area contributed by atoms with Crippen molar-refractivity contribution in [2.45, 2.75) is 71.6 Å². The number of rotatable bonds is 17. The van der Waals surface area contributed by atoms with Crippen LogP contribution in [0.5, 0.6) is 17.2 Å². The summed E-state index contributed by atoms with van der Waals surface area (Å²) in [6.45, 7) is 20.0. The Kier molecular flexibility index (Phi) is 13.5. The molecule has 0 aliphatic rings. The average molecular weight is 586 g/mol. The summed E-state index contributed by atoms with van der Waals surface area (Å²) in [5.74, 6) is 2.01. The molecule has 0 unspecified atom stereocenters. The molecule has 2 aromatic rings.